The molecule has 0 unspecified atom stereocenters. The Morgan fingerprint density at radius 3 is 1.64 bits per heavy atom. The second kappa shape index (κ2) is 5.50. The van der Waals surface area contributed by atoms with Crippen LogP contribution in [0.1, 0.15) is 25.0 Å². The third-order valence-electron chi connectivity index (χ3n) is 5.13. The fourth-order valence-corrected chi connectivity index (χ4v) is 4.62. The van der Waals surface area contributed by atoms with E-state index in [-0.39, 0.29) is 0 Å². The summed E-state index contributed by atoms with van der Waals surface area (Å²) in [7, 11) is 0. The van der Waals surface area contributed by atoms with E-state index in [4.69, 9.17) is 9.97 Å². The Balaban J connectivity index is 2.17. The summed E-state index contributed by atoms with van der Waals surface area (Å²) >= 11 is 1.66. The maximum atomic E-state index is 4.99. The molecule has 2 aromatic heterocycles. The van der Waals surface area contributed by atoms with Gasteiger partial charge in [-0.2, -0.15) is 0 Å². The molecule has 3 heteroatoms. The van der Waals surface area contributed by atoms with Crippen molar-refractivity contribution in [2.24, 2.45) is 0 Å². The first-order valence-electron chi connectivity index (χ1n) is 8.80. The van der Waals surface area contributed by atoms with Gasteiger partial charge >= 0.3 is 0 Å². The van der Waals surface area contributed by atoms with Gasteiger partial charge in [0.05, 0.1) is 11.0 Å². The van der Waals surface area contributed by atoms with Crippen LogP contribution in [-0.4, -0.2) is 9.97 Å². The van der Waals surface area contributed by atoms with E-state index >= 15 is 0 Å². The number of rotatable bonds is 2. The van der Waals surface area contributed by atoms with Crippen molar-refractivity contribution in [3.63, 3.8) is 0 Å². The molecule has 0 fully saturated rings. The third kappa shape index (κ3) is 2.02. The van der Waals surface area contributed by atoms with Crippen LogP contribution >= 0.6 is 11.3 Å². The molecule has 0 saturated heterocycles. The van der Waals surface area contributed by atoms with Crippen molar-refractivity contribution < 1.29 is 0 Å². The number of fused-ring (bicyclic) bond motifs is 7. The molecule has 0 saturated carbocycles. The molecule has 2 nitrogen and oxygen atoms in total. The van der Waals surface area contributed by atoms with E-state index in [1.165, 1.54) is 32.7 Å². The molecular formula is C22H18N2S. The summed E-state index contributed by atoms with van der Waals surface area (Å²) in [6.45, 7) is 4.46. The van der Waals surface area contributed by atoms with E-state index in [0.29, 0.717) is 0 Å². The van der Waals surface area contributed by atoms with Crippen LogP contribution in [0.15, 0.2) is 47.2 Å². The van der Waals surface area contributed by atoms with Gasteiger partial charge in [-0.25, -0.2) is 9.97 Å². The summed E-state index contributed by atoms with van der Waals surface area (Å²) in [5.41, 5.74) is 6.81. The third-order valence-corrected chi connectivity index (χ3v) is 5.85. The van der Waals surface area contributed by atoms with Gasteiger partial charge < -0.3 is 0 Å². The van der Waals surface area contributed by atoms with Crippen LogP contribution in [0, 0.1) is 0 Å². The summed E-state index contributed by atoms with van der Waals surface area (Å²) in [6.07, 6.45) is 2.04. The van der Waals surface area contributed by atoms with Gasteiger partial charge in [-0.15, -0.1) is 11.3 Å². The zero-order valence-electron chi connectivity index (χ0n) is 14.3. The van der Waals surface area contributed by atoms with Crippen LogP contribution in [0.5, 0.6) is 0 Å². The Morgan fingerprint density at radius 2 is 1.20 bits per heavy atom. The molecule has 5 rings (SSSR count). The van der Waals surface area contributed by atoms with Crippen molar-refractivity contribution in [2.45, 2.75) is 26.7 Å². The van der Waals surface area contributed by atoms with Gasteiger partial charge in [-0.1, -0.05) is 50.2 Å². The molecule has 0 aliphatic heterocycles. The molecule has 3 aromatic carbocycles. The summed E-state index contributed by atoms with van der Waals surface area (Å²) in [6, 6.07) is 13.2. The highest BCUT2D eigenvalue weighted by atomic mass is 32.1. The Morgan fingerprint density at radius 1 is 0.720 bits per heavy atom. The number of benzene rings is 3. The van der Waals surface area contributed by atoms with E-state index < -0.39 is 0 Å². The zero-order valence-corrected chi connectivity index (χ0v) is 15.2. The fourth-order valence-electron chi connectivity index (χ4n) is 3.95. The molecule has 25 heavy (non-hydrogen) atoms. The molecule has 0 aliphatic carbocycles. The highest BCUT2D eigenvalue weighted by molar-refractivity contribution is 7.09. The van der Waals surface area contributed by atoms with Crippen LogP contribution < -0.4 is 0 Å². The average Bonchev–Trinajstić information content (AvgIpc) is 3.13. The summed E-state index contributed by atoms with van der Waals surface area (Å²) < 4.78 is 0. The quantitative estimate of drug-likeness (QED) is 0.353. The maximum Gasteiger partial charge on any atom is 0.100 e. The molecule has 0 N–H and O–H groups in total. The molecule has 0 aliphatic rings. The first-order chi connectivity index (χ1) is 12.3. The predicted molar refractivity (Wildman–Crippen MR) is 109 cm³/mol. The lowest BCUT2D eigenvalue weighted by molar-refractivity contribution is 1.15. The second-order valence-corrected chi connectivity index (χ2v) is 7.19. The summed E-state index contributed by atoms with van der Waals surface area (Å²) in [5.74, 6) is 0. The first kappa shape index (κ1) is 14.8. The summed E-state index contributed by atoms with van der Waals surface area (Å²) in [4.78, 5) is 9.99. The van der Waals surface area contributed by atoms with E-state index in [9.17, 15) is 0 Å². The normalized spacial score (nSPS) is 11.9. The Hall–Kier alpha value is -2.52. The van der Waals surface area contributed by atoms with Gasteiger partial charge in [0.15, 0.2) is 0 Å². The molecule has 2 heterocycles. The van der Waals surface area contributed by atoms with E-state index in [1.807, 2.05) is 0 Å². The minimum absolute atomic E-state index is 0.992. The van der Waals surface area contributed by atoms with Crippen molar-refractivity contribution in [1.82, 2.24) is 9.97 Å². The predicted octanol–water partition coefficient (Wildman–Crippen LogP) is 6.28. The van der Waals surface area contributed by atoms with Crippen molar-refractivity contribution in [3.05, 3.63) is 58.3 Å². The zero-order chi connectivity index (χ0) is 17.0. The highest BCUT2D eigenvalue weighted by Gasteiger charge is 2.16. The molecular weight excluding hydrogens is 324 g/mol. The SMILES string of the molecule is CCc1cccc2c3nc4cscc4nc3c3cccc(CC)c3c12. The van der Waals surface area contributed by atoms with Crippen molar-refractivity contribution in [1.29, 1.82) is 0 Å². The Bertz CT molecular complexity index is 1170. The largest absolute Gasteiger partial charge is 0.243 e. The van der Waals surface area contributed by atoms with Gasteiger partial charge in [0.25, 0.3) is 0 Å². The highest BCUT2D eigenvalue weighted by Crippen LogP contribution is 2.38. The molecule has 0 spiro atoms. The monoisotopic (exact) mass is 342 g/mol. The van der Waals surface area contributed by atoms with Crippen molar-refractivity contribution >= 4 is 54.9 Å². The molecule has 0 bridgehead atoms. The van der Waals surface area contributed by atoms with Gasteiger partial charge in [0, 0.05) is 21.5 Å². The first-order valence-corrected chi connectivity index (χ1v) is 9.75. The molecule has 0 radical (unpaired) electrons. The minimum atomic E-state index is 0.992. The van der Waals surface area contributed by atoms with Gasteiger partial charge in [-0.3, -0.25) is 0 Å². The summed E-state index contributed by atoms with van der Waals surface area (Å²) in [5, 5.41) is 9.34. The topological polar surface area (TPSA) is 25.8 Å². The number of thiophene rings is 1. The van der Waals surface area contributed by atoms with Crippen LogP contribution in [-0.2, 0) is 12.8 Å². The molecule has 0 amide bonds. The lowest BCUT2D eigenvalue weighted by atomic mass is 9.91. The van der Waals surface area contributed by atoms with Crippen molar-refractivity contribution in [3.8, 4) is 0 Å². The average molecular weight is 342 g/mol. The number of hydrogen-bond acceptors (Lipinski definition) is 3. The van der Waals surface area contributed by atoms with E-state index in [2.05, 4.69) is 61.0 Å². The van der Waals surface area contributed by atoms with Gasteiger partial charge in [0.1, 0.15) is 11.0 Å². The van der Waals surface area contributed by atoms with E-state index in [0.717, 1.165) is 34.9 Å². The van der Waals surface area contributed by atoms with Crippen LogP contribution in [0.25, 0.3) is 43.6 Å². The minimum Gasteiger partial charge on any atom is -0.243 e. The fraction of sp³-hybridized carbons (Fsp3) is 0.182. The van der Waals surface area contributed by atoms with E-state index in [1.54, 1.807) is 11.3 Å². The second-order valence-electron chi connectivity index (χ2n) is 6.45. The number of hydrogen-bond donors (Lipinski definition) is 0. The Labute approximate surface area is 150 Å². The standard InChI is InChI=1S/C22H18N2S/c1-3-13-7-5-9-15-19(13)20-14(4-2)8-6-10-16(20)22-21(15)23-17-11-25-12-18(17)24-22/h5-12H,3-4H2,1-2H3. The maximum absolute atomic E-state index is 4.99. The lowest BCUT2D eigenvalue weighted by Crippen LogP contribution is -1.95. The number of aromatic nitrogens is 2. The van der Waals surface area contributed by atoms with Gasteiger partial charge in [-0.05, 0) is 34.7 Å². The van der Waals surface area contributed by atoms with Crippen molar-refractivity contribution in [2.75, 3.05) is 0 Å². The van der Waals surface area contributed by atoms with Crippen LogP contribution in [0.3, 0.4) is 0 Å². The lowest BCUT2D eigenvalue weighted by Gasteiger charge is -2.15. The number of nitrogens with zero attached hydrogens (tertiary/aromatic N) is 2. The molecule has 5 aromatic rings. The van der Waals surface area contributed by atoms with Crippen LogP contribution in [0.4, 0.5) is 0 Å². The van der Waals surface area contributed by atoms with Crippen LogP contribution in [0.2, 0.25) is 0 Å². The molecule has 122 valence electrons. The smallest absolute Gasteiger partial charge is 0.100 e. The molecule has 0 atom stereocenters. The Kier molecular flexibility index (Phi) is 3.25. The van der Waals surface area contributed by atoms with Gasteiger partial charge in [0.2, 0.25) is 0 Å². The number of aryl methyl sites for hydroxylation is 2.